The number of hydrogen-bond donors (Lipinski definition) is 0. The molecule has 2 aromatic carbocycles. The molecule has 4 heteroatoms. The molecule has 2 aromatic rings. The molecule has 0 saturated carbocycles. The average molecular weight is 348 g/mol. The second-order valence-electron chi connectivity index (χ2n) is 7.12. The average Bonchev–Trinajstić information content (AvgIpc) is 2.73. The molecule has 0 unspecified atom stereocenters. The molecule has 26 heavy (non-hydrogen) atoms. The van der Waals surface area contributed by atoms with Crippen molar-refractivity contribution < 1.29 is 9.59 Å². The fourth-order valence-corrected chi connectivity index (χ4v) is 3.94. The van der Waals surface area contributed by atoms with E-state index in [1.807, 2.05) is 28.0 Å². The Kier molecular flexibility index (Phi) is 4.74. The van der Waals surface area contributed by atoms with Crippen LogP contribution < -0.4 is 4.90 Å². The van der Waals surface area contributed by atoms with E-state index in [4.69, 9.17) is 0 Å². The number of amides is 2. The smallest absolute Gasteiger partial charge is 0.258 e. The Morgan fingerprint density at radius 3 is 2.08 bits per heavy atom. The molecule has 2 aliphatic rings. The third kappa shape index (κ3) is 3.24. The number of nitrogens with zero attached hydrogens (tertiary/aromatic N) is 2. The molecule has 0 spiro atoms. The number of para-hydroxylation sites is 1. The monoisotopic (exact) mass is 348 g/mol. The van der Waals surface area contributed by atoms with E-state index in [1.165, 1.54) is 12.0 Å². The molecule has 4 nitrogen and oxygen atoms in total. The van der Waals surface area contributed by atoms with Gasteiger partial charge in [0, 0.05) is 36.4 Å². The van der Waals surface area contributed by atoms with Crippen molar-refractivity contribution in [1.82, 2.24) is 4.90 Å². The molecule has 2 amide bonds. The van der Waals surface area contributed by atoms with E-state index in [1.54, 1.807) is 24.3 Å². The standard InChI is InChI=1S/C22H24N2O2/c25-21(23-14-4-1-5-15-23)18-10-12-19(13-11-18)22(26)24-16-6-8-17-7-2-3-9-20(17)24/h2-3,7,9-13H,1,4-6,8,14-16H2. The number of fused-ring (bicyclic) bond motifs is 1. The van der Waals surface area contributed by atoms with Gasteiger partial charge in [-0.3, -0.25) is 9.59 Å². The quantitative estimate of drug-likeness (QED) is 0.826. The lowest BCUT2D eigenvalue weighted by Crippen LogP contribution is -2.36. The van der Waals surface area contributed by atoms with Crippen LogP contribution in [-0.4, -0.2) is 36.3 Å². The molecule has 1 saturated heterocycles. The van der Waals surface area contributed by atoms with Gasteiger partial charge in [-0.25, -0.2) is 0 Å². The zero-order valence-electron chi connectivity index (χ0n) is 15.0. The SMILES string of the molecule is O=C(c1ccc(C(=O)N2CCCc3ccccc32)cc1)N1CCCCC1. The maximum atomic E-state index is 13.0. The molecule has 4 rings (SSSR count). The van der Waals surface area contributed by atoms with E-state index in [9.17, 15) is 9.59 Å². The lowest BCUT2D eigenvalue weighted by Gasteiger charge is -2.29. The van der Waals surface area contributed by atoms with Crippen molar-refractivity contribution in [3.63, 3.8) is 0 Å². The van der Waals surface area contributed by atoms with Crippen molar-refractivity contribution in [2.24, 2.45) is 0 Å². The summed E-state index contributed by atoms with van der Waals surface area (Å²) in [6.07, 6.45) is 5.36. The molecular formula is C22H24N2O2. The van der Waals surface area contributed by atoms with Crippen LogP contribution in [0.2, 0.25) is 0 Å². The van der Waals surface area contributed by atoms with E-state index in [0.29, 0.717) is 11.1 Å². The summed E-state index contributed by atoms with van der Waals surface area (Å²) in [4.78, 5) is 29.3. The molecule has 0 atom stereocenters. The van der Waals surface area contributed by atoms with E-state index < -0.39 is 0 Å². The first-order chi connectivity index (χ1) is 12.7. The molecule has 2 aliphatic heterocycles. The van der Waals surface area contributed by atoms with Gasteiger partial charge in [-0.2, -0.15) is 0 Å². The van der Waals surface area contributed by atoms with Gasteiger partial charge in [0.05, 0.1) is 0 Å². The summed E-state index contributed by atoms with van der Waals surface area (Å²) >= 11 is 0. The highest BCUT2D eigenvalue weighted by atomic mass is 16.2. The normalized spacial score (nSPS) is 16.9. The Balaban J connectivity index is 1.52. The Morgan fingerprint density at radius 2 is 1.35 bits per heavy atom. The number of rotatable bonds is 2. The molecule has 0 N–H and O–H groups in total. The minimum Gasteiger partial charge on any atom is -0.339 e. The number of carbonyl (C=O) groups is 2. The third-order valence-electron chi connectivity index (χ3n) is 5.38. The summed E-state index contributed by atoms with van der Waals surface area (Å²) in [5.41, 5.74) is 3.54. The molecule has 0 radical (unpaired) electrons. The van der Waals surface area contributed by atoms with Crippen molar-refractivity contribution in [3.8, 4) is 0 Å². The van der Waals surface area contributed by atoms with Crippen molar-refractivity contribution in [2.75, 3.05) is 24.5 Å². The molecule has 1 fully saturated rings. The van der Waals surface area contributed by atoms with Crippen LogP contribution >= 0.6 is 0 Å². The van der Waals surface area contributed by atoms with Crippen molar-refractivity contribution in [3.05, 3.63) is 65.2 Å². The molecule has 0 bridgehead atoms. The topological polar surface area (TPSA) is 40.6 Å². The van der Waals surface area contributed by atoms with Crippen LogP contribution in [0.25, 0.3) is 0 Å². The summed E-state index contributed by atoms with van der Waals surface area (Å²) in [6.45, 7) is 2.42. The summed E-state index contributed by atoms with van der Waals surface area (Å²) in [5, 5.41) is 0. The predicted molar refractivity (Wildman–Crippen MR) is 103 cm³/mol. The highest BCUT2D eigenvalue weighted by Crippen LogP contribution is 2.28. The van der Waals surface area contributed by atoms with Gasteiger partial charge in [-0.1, -0.05) is 18.2 Å². The van der Waals surface area contributed by atoms with Crippen molar-refractivity contribution in [1.29, 1.82) is 0 Å². The van der Waals surface area contributed by atoms with Gasteiger partial charge in [-0.15, -0.1) is 0 Å². The zero-order chi connectivity index (χ0) is 17.9. The Labute approximate surface area is 154 Å². The van der Waals surface area contributed by atoms with Crippen LogP contribution in [-0.2, 0) is 6.42 Å². The summed E-state index contributed by atoms with van der Waals surface area (Å²) in [5.74, 6) is 0.0844. The van der Waals surface area contributed by atoms with Gasteiger partial charge >= 0.3 is 0 Å². The van der Waals surface area contributed by atoms with Gasteiger partial charge in [0.2, 0.25) is 0 Å². The molecule has 0 aliphatic carbocycles. The highest BCUT2D eigenvalue weighted by Gasteiger charge is 2.24. The highest BCUT2D eigenvalue weighted by molar-refractivity contribution is 6.07. The fourth-order valence-electron chi connectivity index (χ4n) is 3.94. The predicted octanol–water partition coefficient (Wildman–Crippen LogP) is 3.91. The van der Waals surface area contributed by atoms with E-state index >= 15 is 0 Å². The largest absolute Gasteiger partial charge is 0.339 e. The minimum atomic E-state index is 0.00845. The maximum absolute atomic E-state index is 13.0. The number of piperidine rings is 1. The fraction of sp³-hybridized carbons (Fsp3) is 0.364. The number of benzene rings is 2. The Bertz CT molecular complexity index is 807. The molecule has 2 heterocycles. The van der Waals surface area contributed by atoms with Gasteiger partial charge in [0.25, 0.3) is 11.8 Å². The number of carbonyl (C=O) groups excluding carboxylic acids is 2. The van der Waals surface area contributed by atoms with E-state index in [-0.39, 0.29) is 11.8 Å². The van der Waals surface area contributed by atoms with Crippen LogP contribution in [0.4, 0.5) is 5.69 Å². The first-order valence-electron chi connectivity index (χ1n) is 9.53. The van der Waals surface area contributed by atoms with Crippen LogP contribution in [0, 0.1) is 0 Å². The van der Waals surface area contributed by atoms with E-state index in [2.05, 4.69) is 6.07 Å². The van der Waals surface area contributed by atoms with Gasteiger partial charge in [0.15, 0.2) is 0 Å². The minimum absolute atomic E-state index is 0.00845. The van der Waals surface area contributed by atoms with Crippen LogP contribution in [0.1, 0.15) is 52.0 Å². The molecular weight excluding hydrogens is 324 g/mol. The first-order valence-corrected chi connectivity index (χ1v) is 9.53. The van der Waals surface area contributed by atoms with Gasteiger partial charge in [-0.05, 0) is 68.0 Å². The Hall–Kier alpha value is -2.62. The third-order valence-corrected chi connectivity index (χ3v) is 5.38. The number of likely N-dealkylation sites (tertiary alicyclic amines) is 1. The van der Waals surface area contributed by atoms with E-state index in [0.717, 1.165) is 51.0 Å². The van der Waals surface area contributed by atoms with Crippen molar-refractivity contribution in [2.45, 2.75) is 32.1 Å². The molecule has 0 aromatic heterocycles. The van der Waals surface area contributed by atoms with Crippen LogP contribution in [0.5, 0.6) is 0 Å². The summed E-state index contributed by atoms with van der Waals surface area (Å²) < 4.78 is 0. The summed E-state index contributed by atoms with van der Waals surface area (Å²) in [7, 11) is 0. The second kappa shape index (κ2) is 7.32. The van der Waals surface area contributed by atoms with Gasteiger partial charge in [0.1, 0.15) is 0 Å². The van der Waals surface area contributed by atoms with Crippen LogP contribution in [0.15, 0.2) is 48.5 Å². The zero-order valence-corrected chi connectivity index (χ0v) is 15.0. The summed E-state index contributed by atoms with van der Waals surface area (Å²) in [6, 6.07) is 15.3. The number of hydrogen-bond acceptors (Lipinski definition) is 2. The maximum Gasteiger partial charge on any atom is 0.258 e. The number of anilines is 1. The molecule has 134 valence electrons. The lowest BCUT2D eigenvalue weighted by molar-refractivity contribution is 0.0724. The van der Waals surface area contributed by atoms with Gasteiger partial charge < -0.3 is 9.80 Å². The lowest BCUT2D eigenvalue weighted by atomic mass is 10.0. The second-order valence-corrected chi connectivity index (χ2v) is 7.12. The van der Waals surface area contributed by atoms with Crippen molar-refractivity contribution >= 4 is 17.5 Å². The Morgan fingerprint density at radius 1 is 0.692 bits per heavy atom. The number of aryl methyl sites for hydroxylation is 1. The van der Waals surface area contributed by atoms with Crippen LogP contribution in [0.3, 0.4) is 0 Å². The first kappa shape index (κ1) is 16.8.